The second-order valence-electron chi connectivity index (χ2n) is 5.18. The van der Waals surface area contributed by atoms with E-state index in [2.05, 4.69) is 18.3 Å². The van der Waals surface area contributed by atoms with Gasteiger partial charge in [-0.2, -0.15) is 0 Å². The Balaban J connectivity index is 1.99. The van der Waals surface area contributed by atoms with Crippen LogP contribution >= 0.6 is 0 Å². The van der Waals surface area contributed by atoms with Crippen LogP contribution in [0.1, 0.15) is 36.9 Å². The summed E-state index contributed by atoms with van der Waals surface area (Å²) in [5.41, 5.74) is 9.13. The van der Waals surface area contributed by atoms with Gasteiger partial charge < -0.3 is 11.1 Å². The molecule has 3 heteroatoms. The summed E-state index contributed by atoms with van der Waals surface area (Å²) in [6.07, 6.45) is 2.29. The number of rotatable bonds is 6. The number of hydrogen-bond acceptors (Lipinski definition) is 2. The van der Waals surface area contributed by atoms with Gasteiger partial charge in [0.2, 0.25) is 5.91 Å². The van der Waals surface area contributed by atoms with Crippen molar-refractivity contribution in [2.45, 2.75) is 32.2 Å². The van der Waals surface area contributed by atoms with E-state index in [4.69, 9.17) is 5.73 Å². The van der Waals surface area contributed by atoms with E-state index in [9.17, 15) is 4.79 Å². The Morgan fingerprint density at radius 1 is 1.10 bits per heavy atom. The summed E-state index contributed by atoms with van der Waals surface area (Å²) in [7, 11) is 0. The summed E-state index contributed by atoms with van der Waals surface area (Å²) in [6.45, 7) is 2.13. The highest BCUT2D eigenvalue weighted by Gasteiger charge is 2.12. The summed E-state index contributed by atoms with van der Waals surface area (Å²) in [4.78, 5) is 12.2. The minimum absolute atomic E-state index is 0.0464. The molecule has 2 aromatic carbocycles. The molecule has 0 bridgehead atoms. The number of benzene rings is 2. The number of nitrogens with two attached hydrogens (primary N) is 1. The third kappa shape index (κ3) is 4.43. The van der Waals surface area contributed by atoms with Crippen LogP contribution in [0.2, 0.25) is 0 Å². The monoisotopic (exact) mass is 282 g/mol. The first-order chi connectivity index (χ1) is 10.2. The Morgan fingerprint density at radius 3 is 2.48 bits per heavy atom. The van der Waals surface area contributed by atoms with Crippen molar-refractivity contribution < 1.29 is 4.79 Å². The van der Waals surface area contributed by atoms with Crippen molar-refractivity contribution in [2.24, 2.45) is 5.73 Å². The predicted octanol–water partition coefficient (Wildman–Crippen LogP) is 3.67. The normalized spacial score (nSPS) is 11.9. The van der Waals surface area contributed by atoms with Gasteiger partial charge >= 0.3 is 0 Å². The lowest BCUT2D eigenvalue weighted by atomic mass is 10.0. The summed E-state index contributed by atoms with van der Waals surface area (Å²) in [6, 6.07) is 17.4. The number of para-hydroxylation sites is 1. The first-order valence-corrected chi connectivity index (χ1v) is 7.39. The van der Waals surface area contributed by atoms with E-state index in [1.54, 1.807) is 0 Å². The molecule has 0 aliphatic heterocycles. The molecule has 0 aromatic heterocycles. The SMILES string of the molecule is CCCc1ccccc1NC(=O)CC(N)c1ccccc1. The second-order valence-corrected chi connectivity index (χ2v) is 5.18. The van der Waals surface area contributed by atoms with Crippen LogP contribution in [0.3, 0.4) is 0 Å². The van der Waals surface area contributed by atoms with Gasteiger partial charge in [-0.15, -0.1) is 0 Å². The number of nitrogens with one attached hydrogen (secondary N) is 1. The summed E-state index contributed by atoms with van der Waals surface area (Å²) in [5.74, 6) is -0.0464. The van der Waals surface area contributed by atoms with Crippen molar-refractivity contribution in [2.75, 3.05) is 5.32 Å². The Kier molecular flexibility index (Phi) is 5.52. The Morgan fingerprint density at radius 2 is 1.76 bits per heavy atom. The Labute approximate surface area is 126 Å². The molecule has 0 aliphatic carbocycles. The number of hydrogen-bond donors (Lipinski definition) is 2. The standard InChI is InChI=1S/C18H22N2O/c1-2-8-15-11-6-7-12-17(15)20-18(21)13-16(19)14-9-4-3-5-10-14/h3-7,9-12,16H,2,8,13,19H2,1H3,(H,20,21). The average molecular weight is 282 g/mol. The van der Waals surface area contributed by atoms with Crippen molar-refractivity contribution in [1.29, 1.82) is 0 Å². The van der Waals surface area contributed by atoms with Gasteiger partial charge in [0, 0.05) is 18.2 Å². The molecule has 1 amide bonds. The van der Waals surface area contributed by atoms with Crippen LogP contribution < -0.4 is 11.1 Å². The number of amides is 1. The molecule has 110 valence electrons. The number of anilines is 1. The quantitative estimate of drug-likeness (QED) is 0.849. The molecule has 0 aliphatic rings. The molecule has 1 atom stereocenters. The summed E-state index contributed by atoms with van der Waals surface area (Å²) in [5, 5.41) is 2.98. The first kappa shape index (κ1) is 15.3. The van der Waals surface area contributed by atoms with E-state index in [1.807, 2.05) is 48.5 Å². The molecule has 3 nitrogen and oxygen atoms in total. The van der Waals surface area contributed by atoms with Gasteiger partial charge in [0.15, 0.2) is 0 Å². The smallest absolute Gasteiger partial charge is 0.226 e. The van der Waals surface area contributed by atoms with Crippen LogP contribution in [-0.2, 0) is 11.2 Å². The maximum atomic E-state index is 12.2. The molecule has 2 aromatic rings. The fourth-order valence-electron chi connectivity index (χ4n) is 2.35. The zero-order chi connectivity index (χ0) is 15.1. The zero-order valence-corrected chi connectivity index (χ0v) is 12.4. The molecular weight excluding hydrogens is 260 g/mol. The van der Waals surface area contributed by atoms with E-state index in [1.165, 1.54) is 5.56 Å². The lowest BCUT2D eigenvalue weighted by Gasteiger charge is -2.14. The lowest BCUT2D eigenvalue weighted by molar-refractivity contribution is -0.116. The maximum Gasteiger partial charge on any atom is 0.226 e. The molecule has 2 rings (SSSR count). The van der Waals surface area contributed by atoms with Crippen LogP contribution in [0, 0.1) is 0 Å². The van der Waals surface area contributed by atoms with E-state index in [-0.39, 0.29) is 18.4 Å². The molecule has 0 radical (unpaired) electrons. The van der Waals surface area contributed by atoms with Gasteiger partial charge in [0.1, 0.15) is 0 Å². The maximum absolute atomic E-state index is 12.2. The minimum Gasteiger partial charge on any atom is -0.326 e. The largest absolute Gasteiger partial charge is 0.326 e. The third-order valence-electron chi connectivity index (χ3n) is 3.44. The van der Waals surface area contributed by atoms with Crippen LogP contribution in [0.15, 0.2) is 54.6 Å². The van der Waals surface area contributed by atoms with Gasteiger partial charge in [-0.05, 0) is 23.6 Å². The molecule has 0 saturated carbocycles. The number of aryl methyl sites for hydroxylation is 1. The van der Waals surface area contributed by atoms with Crippen LogP contribution in [0.5, 0.6) is 0 Å². The Hall–Kier alpha value is -2.13. The zero-order valence-electron chi connectivity index (χ0n) is 12.4. The number of carbonyl (C=O) groups excluding carboxylic acids is 1. The van der Waals surface area contributed by atoms with Crippen molar-refractivity contribution >= 4 is 11.6 Å². The van der Waals surface area contributed by atoms with E-state index < -0.39 is 0 Å². The fraction of sp³-hybridized carbons (Fsp3) is 0.278. The van der Waals surface area contributed by atoms with E-state index in [0.717, 1.165) is 24.1 Å². The van der Waals surface area contributed by atoms with Crippen molar-refractivity contribution in [3.8, 4) is 0 Å². The predicted molar refractivity (Wildman–Crippen MR) is 87.1 cm³/mol. The molecule has 21 heavy (non-hydrogen) atoms. The van der Waals surface area contributed by atoms with Gasteiger partial charge in [-0.25, -0.2) is 0 Å². The third-order valence-corrected chi connectivity index (χ3v) is 3.44. The van der Waals surface area contributed by atoms with Gasteiger partial charge in [-0.1, -0.05) is 61.9 Å². The summed E-state index contributed by atoms with van der Waals surface area (Å²) >= 11 is 0. The van der Waals surface area contributed by atoms with E-state index >= 15 is 0 Å². The second kappa shape index (κ2) is 7.60. The molecule has 0 saturated heterocycles. The van der Waals surface area contributed by atoms with Crippen molar-refractivity contribution in [3.63, 3.8) is 0 Å². The highest BCUT2D eigenvalue weighted by Crippen LogP contribution is 2.19. The first-order valence-electron chi connectivity index (χ1n) is 7.39. The van der Waals surface area contributed by atoms with E-state index in [0.29, 0.717) is 0 Å². The van der Waals surface area contributed by atoms with Gasteiger partial charge in [0.05, 0.1) is 0 Å². The molecule has 1 unspecified atom stereocenters. The highest BCUT2D eigenvalue weighted by molar-refractivity contribution is 5.92. The topological polar surface area (TPSA) is 55.1 Å². The van der Waals surface area contributed by atoms with Gasteiger partial charge in [-0.3, -0.25) is 4.79 Å². The van der Waals surface area contributed by atoms with Crippen molar-refractivity contribution in [3.05, 3.63) is 65.7 Å². The molecular formula is C18H22N2O. The molecule has 0 heterocycles. The fourth-order valence-corrected chi connectivity index (χ4v) is 2.35. The average Bonchev–Trinajstić information content (AvgIpc) is 2.50. The molecule has 3 N–H and O–H groups in total. The Bertz CT molecular complexity index is 581. The highest BCUT2D eigenvalue weighted by atomic mass is 16.1. The van der Waals surface area contributed by atoms with Crippen LogP contribution in [-0.4, -0.2) is 5.91 Å². The van der Waals surface area contributed by atoms with Crippen molar-refractivity contribution in [1.82, 2.24) is 0 Å². The molecule has 0 spiro atoms. The molecule has 0 fully saturated rings. The van der Waals surface area contributed by atoms with Crippen LogP contribution in [0.25, 0.3) is 0 Å². The van der Waals surface area contributed by atoms with Crippen LogP contribution in [0.4, 0.5) is 5.69 Å². The summed E-state index contributed by atoms with van der Waals surface area (Å²) < 4.78 is 0. The number of carbonyl (C=O) groups is 1. The minimum atomic E-state index is -0.274. The lowest BCUT2D eigenvalue weighted by Crippen LogP contribution is -2.21. The van der Waals surface area contributed by atoms with Gasteiger partial charge in [0.25, 0.3) is 0 Å².